The molecule has 4 heterocycles. The molecule has 17 heteroatoms. The number of aliphatic hydroxyl groups excluding tert-OH is 1. The Kier molecular flexibility index (Phi) is 16.8. The number of aliphatic carboxylic acids is 1. The first-order valence-electron chi connectivity index (χ1n) is 25.2. The van der Waals surface area contributed by atoms with Gasteiger partial charge in [0.2, 0.25) is 0 Å². The van der Waals surface area contributed by atoms with Crippen LogP contribution < -0.4 is 39.0 Å². The van der Waals surface area contributed by atoms with Crippen LogP contribution in [0.4, 0.5) is 28.4 Å². The number of methoxy groups -OCH3 is 3. The molecular formula is C57H67N5O11S. The number of thioether (sulfide) groups is 1. The molecule has 0 bridgehead atoms. The number of hydrogen-bond acceptors (Lipinski definition) is 15. The highest BCUT2D eigenvalue weighted by Gasteiger charge is 2.39. The van der Waals surface area contributed by atoms with Gasteiger partial charge in [0.05, 0.1) is 70.6 Å². The van der Waals surface area contributed by atoms with Crippen LogP contribution in [0.1, 0.15) is 71.1 Å². The van der Waals surface area contributed by atoms with Crippen molar-refractivity contribution in [2.75, 3.05) is 99.8 Å². The van der Waals surface area contributed by atoms with Crippen molar-refractivity contribution < 1.29 is 53.0 Å². The number of carboxylic acids is 1. The van der Waals surface area contributed by atoms with Gasteiger partial charge in [-0.15, -0.1) is 0 Å². The van der Waals surface area contributed by atoms with Crippen molar-refractivity contribution in [1.29, 1.82) is 0 Å². The molecule has 3 atom stereocenters. The van der Waals surface area contributed by atoms with Crippen molar-refractivity contribution in [1.82, 2.24) is 0 Å². The molecule has 392 valence electrons. The number of aliphatic imine (C=N–C) groups is 1. The Balaban J connectivity index is 1.00. The molecule has 1 amide bonds. The monoisotopic (exact) mass is 1030 g/mol. The summed E-state index contributed by atoms with van der Waals surface area (Å²) in [5.74, 6) is 1.59. The molecule has 16 nitrogen and oxygen atoms in total. The number of para-hydroxylation sites is 2. The van der Waals surface area contributed by atoms with E-state index in [1.165, 1.54) is 5.56 Å². The van der Waals surface area contributed by atoms with Gasteiger partial charge in [0.25, 0.3) is 5.91 Å². The normalized spacial score (nSPS) is 17.2. The van der Waals surface area contributed by atoms with Gasteiger partial charge in [-0.05, 0) is 97.2 Å². The number of nitrogens with zero attached hydrogens (tertiary/aromatic N) is 4. The molecule has 5 aromatic carbocycles. The molecule has 4 aliphatic rings. The number of carbonyl (C=O) groups excluding carboxylic acids is 1. The second-order valence-corrected chi connectivity index (χ2v) is 21.2. The lowest BCUT2D eigenvalue weighted by Gasteiger charge is -2.34. The van der Waals surface area contributed by atoms with Gasteiger partial charge in [0.1, 0.15) is 13.2 Å². The van der Waals surface area contributed by atoms with E-state index in [1.807, 2.05) is 59.6 Å². The predicted octanol–water partition coefficient (Wildman–Crippen LogP) is 8.86. The van der Waals surface area contributed by atoms with E-state index in [4.69, 9.17) is 38.2 Å². The maximum absolute atomic E-state index is 14.2. The first kappa shape index (κ1) is 52.4. The van der Waals surface area contributed by atoms with E-state index in [9.17, 15) is 19.8 Å². The molecule has 0 spiro atoms. The first-order chi connectivity index (χ1) is 35.9. The number of nitrogens with one attached hydrogen (secondary N) is 1. The Labute approximate surface area is 437 Å². The maximum Gasteiger partial charge on any atom is 0.303 e. The number of hydrogen-bond donors (Lipinski definition) is 3. The minimum atomic E-state index is -0.894. The summed E-state index contributed by atoms with van der Waals surface area (Å²) in [5.41, 5.74) is 9.25. The lowest BCUT2D eigenvalue weighted by molar-refractivity contribution is -0.137. The third-order valence-corrected chi connectivity index (χ3v) is 15.2. The zero-order chi connectivity index (χ0) is 51.8. The topological polar surface area (TPSA) is 173 Å². The molecule has 1 unspecified atom stereocenters. The zero-order valence-electron chi connectivity index (χ0n) is 42.8. The largest absolute Gasteiger partial charge is 0.493 e. The van der Waals surface area contributed by atoms with Crippen LogP contribution in [0.25, 0.3) is 0 Å². The van der Waals surface area contributed by atoms with Crippen molar-refractivity contribution in [3.63, 3.8) is 0 Å². The van der Waals surface area contributed by atoms with Crippen molar-refractivity contribution in [3.05, 3.63) is 124 Å². The van der Waals surface area contributed by atoms with E-state index in [-0.39, 0.29) is 42.4 Å². The highest BCUT2D eigenvalue weighted by Crippen LogP contribution is 2.46. The van der Waals surface area contributed by atoms with Crippen LogP contribution in [0.3, 0.4) is 0 Å². The second kappa shape index (κ2) is 23.8. The van der Waals surface area contributed by atoms with E-state index in [0.717, 1.165) is 45.9 Å². The first-order valence-corrected chi connectivity index (χ1v) is 26.2. The van der Waals surface area contributed by atoms with E-state index in [0.29, 0.717) is 111 Å². The van der Waals surface area contributed by atoms with Crippen LogP contribution in [-0.2, 0) is 45.1 Å². The molecule has 0 aliphatic carbocycles. The zero-order valence-corrected chi connectivity index (χ0v) is 43.7. The molecule has 0 radical (unpaired) electrons. The Bertz CT molecular complexity index is 2830. The SMILES string of the molecule is COCCOCCOCCN(CC(C)(C)SCCCC(=O)O)c1cc(COc2cc3c(cc2OC)C(=O)N2c4ccccc4C[C@H]2C=N3)cc(COc2cc3c(cc2OC)C(O)N2c4ccccc4C[C@H]2CN3)c1. The summed E-state index contributed by atoms with van der Waals surface area (Å²) in [7, 11) is 4.80. The van der Waals surface area contributed by atoms with Crippen LogP contribution >= 0.6 is 11.8 Å². The lowest BCUT2D eigenvalue weighted by Crippen LogP contribution is -2.39. The number of benzene rings is 5. The summed E-state index contributed by atoms with van der Waals surface area (Å²) in [6, 6.07) is 29.6. The fourth-order valence-electron chi connectivity index (χ4n) is 10.2. The number of aliphatic hydroxyl groups is 1. The summed E-state index contributed by atoms with van der Waals surface area (Å²) in [6.07, 6.45) is 3.13. The van der Waals surface area contributed by atoms with Crippen LogP contribution in [0, 0.1) is 0 Å². The Hall–Kier alpha value is -6.50. The van der Waals surface area contributed by atoms with Gasteiger partial charge >= 0.3 is 5.97 Å². The van der Waals surface area contributed by atoms with Gasteiger partial charge < -0.3 is 58.5 Å². The average molecular weight is 1030 g/mol. The quantitative estimate of drug-likeness (QED) is 0.0473. The Morgan fingerprint density at radius 2 is 1.47 bits per heavy atom. The van der Waals surface area contributed by atoms with Crippen LogP contribution in [0.15, 0.2) is 96.0 Å². The van der Waals surface area contributed by atoms with Gasteiger partial charge in [-0.2, -0.15) is 11.8 Å². The Morgan fingerprint density at radius 3 is 2.19 bits per heavy atom. The number of amides is 1. The highest BCUT2D eigenvalue weighted by atomic mass is 32.2. The molecule has 0 fully saturated rings. The molecule has 74 heavy (non-hydrogen) atoms. The van der Waals surface area contributed by atoms with Gasteiger partial charge in [-0.3, -0.25) is 19.5 Å². The number of anilines is 4. The van der Waals surface area contributed by atoms with Crippen LogP contribution in [0.5, 0.6) is 23.0 Å². The summed E-state index contributed by atoms with van der Waals surface area (Å²) < 4.78 is 41.7. The molecule has 5 aromatic rings. The fourth-order valence-corrected chi connectivity index (χ4v) is 11.3. The molecule has 0 aromatic heterocycles. The molecule has 4 aliphatic heterocycles. The summed E-state index contributed by atoms with van der Waals surface area (Å²) in [5, 5.41) is 24.8. The van der Waals surface area contributed by atoms with Gasteiger partial charge in [0.15, 0.2) is 29.2 Å². The summed E-state index contributed by atoms with van der Waals surface area (Å²) in [4.78, 5) is 36.6. The smallest absolute Gasteiger partial charge is 0.303 e. The molecule has 0 saturated carbocycles. The lowest BCUT2D eigenvalue weighted by atomic mass is 10.1. The number of fused-ring (bicyclic) bond motifs is 8. The van der Waals surface area contributed by atoms with Gasteiger partial charge in [-0.25, -0.2) is 0 Å². The standard InChI is InChI=1S/C57H67N5O11S/c1-57(2,74-22-10-15-54(63)64)36-60(16-17-70-20-21-71-19-18-67-3)41-24-37(34-72-52-30-46-44(28-50(52)68-4)55(65)61-42(32-58-46)26-39-11-6-8-13-48(39)61)23-38(25-41)35-73-53-31-47-45(29-51(53)69-5)56(66)62-43(33-59-47)27-40-12-7-9-14-49(40)62/h6-9,11-14,23-25,28-32,42-43,56,59,66H,10,15-22,26-27,33-36H2,1-5H3,(H,63,64)/t42-,43-,56?/m0/s1. The van der Waals surface area contributed by atoms with E-state index >= 15 is 0 Å². The fraction of sp³-hybridized carbons (Fsp3) is 0.421. The number of carbonyl (C=O) groups is 2. The average Bonchev–Trinajstić information content (AvgIpc) is 3.89. The van der Waals surface area contributed by atoms with Crippen LogP contribution in [0.2, 0.25) is 0 Å². The number of ether oxygens (including phenoxy) is 7. The van der Waals surface area contributed by atoms with E-state index < -0.39 is 12.2 Å². The molecule has 3 N–H and O–H groups in total. The minimum Gasteiger partial charge on any atom is -0.493 e. The van der Waals surface area contributed by atoms with Crippen molar-refractivity contribution in [2.45, 2.75) is 75.8 Å². The van der Waals surface area contributed by atoms with Crippen molar-refractivity contribution in [2.24, 2.45) is 4.99 Å². The third-order valence-electron chi connectivity index (χ3n) is 13.8. The van der Waals surface area contributed by atoms with Gasteiger partial charge in [-0.1, -0.05) is 36.4 Å². The summed E-state index contributed by atoms with van der Waals surface area (Å²) >= 11 is 1.74. The number of rotatable bonds is 25. The van der Waals surface area contributed by atoms with Crippen molar-refractivity contribution >= 4 is 58.3 Å². The van der Waals surface area contributed by atoms with E-state index in [2.05, 4.69) is 59.3 Å². The number of carboxylic acid groups (broad SMARTS) is 1. The Morgan fingerprint density at radius 1 is 0.811 bits per heavy atom. The van der Waals surface area contributed by atoms with Gasteiger partial charge in [0, 0.05) is 91.0 Å². The van der Waals surface area contributed by atoms with E-state index in [1.54, 1.807) is 45.2 Å². The highest BCUT2D eigenvalue weighted by molar-refractivity contribution is 8.00. The summed E-state index contributed by atoms with van der Waals surface area (Å²) in [6.45, 7) is 8.72. The third kappa shape index (κ3) is 12.0. The second-order valence-electron chi connectivity index (χ2n) is 19.4. The van der Waals surface area contributed by atoms with Crippen LogP contribution in [-0.4, -0.2) is 125 Å². The molecule has 9 rings (SSSR count). The molecule has 0 saturated heterocycles. The molecular weight excluding hydrogens is 963 g/mol. The predicted molar refractivity (Wildman–Crippen MR) is 289 cm³/mol. The minimum absolute atomic E-state index is 0.0705. The van der Waals surface area contributed by atoms with Crippen molar-refractivity contribution in [3.8, 4) is 23.0 Å². The maximum atomic E-state index is 14.2.